The maximum atomic E-state index is 7.56. The Morgan fingerprint density at radius 3 is 2.53 bits per heavy atom. The van der Waals surface area contributed by atoms with E-state index in [-0.39, 0.29) is 5.17 Å². The van der Waals surface area contributed by atoms with E-state index in [1.165, 1.54) is 7.11 Å². The third kappa shape index (κ3) is 8.78. The van der Waals surface area contributed by atoms with Crippen LogP contribution >= 0.6 is 24.4 Å². The Morgan fingerprint density at radius 1 is 1.53 bits per heavy atom. The van der Waals surface area contributed by atoms with Gasteiger partial charge in [-0.05, 0) is 24.4 Å². The lowest BCUT2D eigenvalue weighted by Crippen LogP contribution is -2.11. The van der Waals surface area contributed by atoms with Crippen LogP contribution in [0.15, 0.2) is 18.6 Å². The van der Waals surface area contributed by atoms with Crippen LogP contribution in [0.4, 0.5) is 5.82 Å². The summed E-state index contributed by atoms with van der Waals surface area (Å²) in [5.74, 6) is 0.583. The molecule has 0 atom stereocenters. The van der Waals surface area contributed by atoms with Gasteiger partial charge in [-0.2, -0.15) is 0 Å². The number of thiocarbonyl (C=S) groups is 2. The van der Waals surface area contributed by atoms with Crippen LogP contribution in [0.1, 0.15) is 0 Å². The van der Waals surface area contributed by atoms with Gasteiger partial charge in [0.2, 0.25) is 0 Å². The number of hydrogen-bond donors (Lipinski definition) is 3. The highest BCUT2D eigenvalue weighted by Gasteiger charge is 1.94. The number of aliphatic hydroxyl groups excluding tert-OH is 1. The molecule has 6 nitrogen and oxygen atoms in total. The summed E-state index contributed by atoms with van der Waals surface area (Å²) in [5.41, 5.74) is 4.40. The van der Waals surface area contributed by atoms with E-state index in [0.29, 0.717) is 5.82 Å². The van der Waals surface area contributed by atoms with Crippen LogP contribution in [-0.4, -0.2) is 32.5 Å². The fraction of sp³-hybridized carbons (Fsp3) is 0.143. The van der Waals surface area contributed by atoms with Gasteiger partial charge < -0.3 is 15.6 Å². The summed E-state index contributed by atoms with van der Waals surface area (Å²) in [6, 6.07) is 0. The van der Waals surface area contributed by atoms with Crippen molar-refractivity contribution in [3.63, 3.8) is 0 Å². The van der Waals surface area contributed by atoms with Gasteiger partial charge in [0.25, 0.3) is 10.3 Å². The first-order chi connectivity index (χ1) is 7.06. The Balaban J connectivity index is 0.000000423. The summed E-state index contributed by atoms with van der Waals surface area (Å²) >= 11 is 8.61. The molecule has 15 heavy (non-hydrogen) atoms. The molecule has 0 fully saturated rings. The first kappa shape index (κ1) is 13.5. The Kier molecular flexibility index (Phi) is 7.02. The SMILES string of the molecule is COC(=S)Nc1cnccn1.NC(O)=S. The summed E-state index contributed by atoms with van der Waals surface area (Å²) in [7, 11) is 1.49. The molecular weight excluding hydrogens is 236 g/mol. The fourth-order valence-electron chi connectivity index (χ4n) is 0.519. The number of aliphatic hydroxyl groups is 1. The highest BCUT2D eigenvalue weighted by molar-refractivity contribution is 7.80. The monoisotopic (exact) mass is 246 g/mol. The van der Waals surface area contributed by atoms with Crippen LogP contribution in [0.25, 0.3) is 0 Å². The van der Waals surface area contributed by atoms with Gasteiger partial charge in [-0.1, -0.05) is 0 Å². The summed E-state index contributed by atoms with van der Waals surface area (Å²) in [6.45, 7) is 0. The minimum absolute atomic E-state index is 0.283. The lowest BCUT2D eigenvalue weighted by atomic mass is 10.7. The van der Waals surface area contributed by atoms with Crippen LogP contribution in [0.2, 0.25) is 0 Å². The second kappa shape index (κ2) is 7.83. The van der Waals surface area contributed by atoms with Gasteiger partial charge in [0.15, 0.2) is 5.82 Å². The Hall–Kier alpha value is -1.54. The maximum Gasteiger partial charge on any atom is 0.262 e. The molecule has 0 aliphatic heterocycles. The van der Waals surface area contributed by atoms with E-state index >= 15 is 0 Å². The zero-order valence-corrected chi connectivity index (χ0v) is 9.51. The van der Waals surface area contributed by atoms with Gasteiger partial charge >= 0.3 is 0 Å². The number of nitrogens with one attached hydrogen (secondary N) is 1. The Labute approximate surface area is 97.5 Å². The van der Waals surface area contributed by atoms with Gasteiger partial charge in [0, 0.05) is 12.4 Å². The van der Waals surface area contributed by atoms with Crippen molar-refractivity contribution in [2.45, 2.75) is 0 Å². The molecule has 0 radical (unpaired) electrons. The van der Waals surface area contributed by atoms with Crippen molar-refractivity contribution in [2.24, 2.45) is 5.73 Å². The molecule has 0 aliphatic carbocycles. The molecule has 0 aromatic carbocycles. The van der Waals surface area contributed by atoms with Crippen molar-refractivity contribution in [1.29, 1.82) is 0 Å². The van der Waals surface area contributed by atoms with Crippen molar-refractivity contribution in [2.75, 3.05) is 12.4 Å². The molecule has 0 spiro atoms. The summed E-state index contributed by atoms with van der Waals surface area (Å²) < 4.78 is 4.71. The molecule has 8 heteroatoms. The van der Waals surface area contributed by atoms with E-state index in [4.69, 9.17) is 22.1 Å². The van der Waals surface area contributed by atoms with E-state index in [9.17, 15) is 0 Å². The Morgan fingerprint density at radius 2 is 2.13 bits per heavy atom. The highest BCUT2D eigenvalue weighted by Crippen LogP contribution is 1.96. The lowest BCUT2D eigenvalue weighted by molar-refractivity contribution is 0.413. The minimum atomic E-state index is -0.500. The van der Waals surface area contributed by atoms with Crippen molar-refractivity contribution >= 4 is 40.6 Å². The second-order valence-electron chi connectivity index (χ2n) is 2.05. The van der Waals surface area contributed by atoms with Crippen LogP contribution in [-0.2, 0) is 4.74 Å². The first-order valence-corrected chi connectivity index (χ1v) is 4.47. The van der Waals surface area contributed by atoms with E-state index in [0.717, 1.165) is 0 Å². The number of nitrogens with two attached hydrogens (primary N) is 1. The molecule has 0 saturated carbocycles. The van der Waals surface area contributed by atoms with Crippen molar-refractivity contribution in [1.82, 2.24) is 9.97 Å². The molecule has 1 aromatic heterocycles. The van der Waals surface area contributed by atoms with Crippen LogP contribution in [0.3, 0.4) is 0 Å². The van der Waals surface area contributed by atoms with Gasteiger partial charge in [0.1, 0.15) is 0 Å². The number of rotatable bonds is 1. The third-order valence-electron chi connectivity index (χ3n) is 0.979. The molecule has 82 valence electrons. The predicted molar refractivity (Wildman–Crippen MR) is 64.7 cm³/mol. The smallest absolute Gasteiger partial charge is 0.262 e. The standard InChI is InChI=1S/C6H7N3OS.CH3NOS/c1-10-6(11)9-5-4-7-2-3-8-5;2-1(3)4/h2-4H,1H3,(H,8,9,11);(H3,2,3,4). The van der Waals surface area contributed by atoms with E-state index in [2.05, 4.69) is 33.2 Å². The van der Waals surface area contributed by atoms with Gasteiger partial charge in [-0.25, -0.2) is 4.98 Å². The average Bonchev–Trinajstić information content (AvgIpc) is 2.18. The second-order valence-corrected chi connectivity index (χ2v) is 2.83. The number of anilines is 1. The van der Waals surface area contributed by atoms with E-state index < -0.39 is 5.17 Å². The van der Waals surface area contributed by atoms with Crippen molar-refractivity contribution in [3.05, 3.63) is 18.6 Å². The quantitative estimate of drug-likeness (QED) is 0.621. The number of ether oxygens (including phenoxy) is 1. The molecule has 0 amide bonds. The van der Waals surface area contributed by atoms with E-state index in [1.54, 1.807) is 18.6 Å². The lowest BCUT2D eigenvalue weighted by Gasteiger charge is -2.02. The molecule has 1 rings (SSSR count). The maximum absolute atomic E-state index is 7.56. The highest BCUT2D eigenvalue weighted by atomic mass is 32.1. The third-order valence-corrected chi connectivity index (χ3v) is 1.25. The minimum Gasteiger partial charge on any atom is -0.487 e. The van der Waals surface area contributed by atoms with Gasteiger partial charge in [0.05, 0.1) is 13.3 Å². The molecule has 0 saturated heterocycles. The number of nitrogens with zero attached hydrogens (tertiary/aromatic N) is 2. The summed E-state index contributed by atoms with van der Waals surface area (Å²) in [4.78, 5) is 7.76. The molecule has 1 aromatic rings. The fourth-order valence-corrected chi connectivity index (χ4v) is 0.624. The zero-order valence-electron chi connectivity index (χ0n) is 7.88. The topological polar surface area (TPSA) is 93.3 Å². The predicted octanol–water partition coefficient (Wildman–Crippen LogP) is 0.608. The van der Waals surface area contributed by atoms with Crippen LogP contribution in [0.5, 0.6) is 0 Å². The molecule has 1 heterocycles. The van der Waals surface area contributed by atoms with Gasteiger partial charge in [-0.3, -0.25) is 10.3 Å². The van der Waals surface area contributed by atoms with Crippen molar-refractivity contribution in [3.8, 4) is 0 Å². The normalized spacial score (nSPS) is 8.07. The molecule has 0 aliphatic rings. The molecule has 0 unspecified atom stereocenters. The number of methoxy groups -OCH3 is 1. The first-order valence-electron chi connectivity index (χ1n) is 3.65. The zero-order chi connectivity index (χ0) is 11.7. The largest absolute Gasteiger partial charge is 0.487 e. The summed E-state index contributed by atoms with van der Waals surface area (Å²) in [5, 5.41) is 10.1. The van der Waals surface area contributed by atoms with E-state index in [1.807, 2.05) is 0 Å². The molecular formula is C7H10N4O2S2. The average molecular weight is 246 g/mol. The summed E-state index contributed by atoms with van der Waals surface area (Å²) in [6.07, 6.45) is 4.72. The number of aromatic nitrogens is 2. The van der Waals surface area contributed by atoms with Crippen LogP contribution in [0, 0.1) is 0 Å². The molecule has 4 N–H and O–H groups in total. The van der Waals surface area contributed by atoms with Crippen LogP contribution < -0.4 is 11.1 Å². The Bertz CT molecular complexity index is 316. The molecule has 0 bridgehead atoms. The van der Waals surface area contributed by atoms with Gasteiger partial charge in [-0.15, -0.1) is 0 Å². The number of hydrogen-bond acceptors (Lipinski definition) is 5. The van der Waals surface area contributed by atoms with Crippen molar-refractivity contribution < 1.29 is 9.84 Å².